The topological polar surface area (TPSA) is 56.3 Å². The SMILES string of the molecule is [C-]#[N+]/C(C#N)=C1/c2cc(-c3ccc(C(F)(F)F)cc3)ccc2-c2sc3c(c21)/C(=C(\C#N)[N+]#[C-])c1cc(-c2ccc(C)cc2)ccc1-3. The lowest BCUT2D eigenvalue weighted by Gasteiger charge is -2.11. The van der Waals surface area contributed by atoms with E-state index in [-0.39, 0.29) is 11.4 Å². The molecule has 0 aliphatic heterocycles. The highest BCUT2D eigenvalue weighted by atomic mass is 32.1. The predicted octanol–water partition coefficient (Wildman–Crippen LogP) is 10.8. The molecule has 7 rings (SSSR count). The maximum atomic E-state index is 13.2. The fourth-order valence-electron chi connectivity index (χ4n) is 6.18. The number of allylic oxidation sites excluding steroid dienone is 2. The number of hydrogen-bond acceptors (Lipinski definition) is 3. The number of rotatable bonds is 2. The molecule has 8 heteroatoms. The van der Waals surface area contributed by atoms with Crippen molar-refractivity contribution in [2.75, 3.05) is 0 Å². The van der Waals surface area contributed by atoms with E-state index >= 15 is 0 Å². The highest BCUT2D eigenvalue weighted by Gasteiger charge is 2.40. The number of benzene rings is 4. The van der Waals surface area contributed by atoms with Crippen LogP contribution in [0.3, 0.4) is 0 Å². The number of nitriles is 2. The van der Waals surface area contributed by atoms with Crippen molar-refractivity contribution in [2.45, 2.75) is 13.1 Å². The second-order valence-corrected chi connectivity index (χ2v) is 11.9. The van der Waals surface area contributed by atoms with Gasteiger partial charge in [0.15, 0.2) is 0 Å². The Morgan fingerprint density at radius 3 is 1.43 bits per heavy atom. The van der Waals surface area contributed by atoms with E-state index in [4.69, 9.17) is 13.1 Å². The van der Waals surface area contributed by atoms with Crippen LogP contribution in [0.5, 0.6) is 0 Å². The Morgan fingerprint density at radius 2 is 1.04 bits per heavy atom. The number of halogens is 3. The second kappa shape index (κ2) is 10.5. The molecule has 0 unspecified atom stereocenters. The Morgan fingerprint density at radius 1 is 0.630 bits per heavy atom. The van der Waals surface area contributed by atoms with E-state index in [0.29, 0.717) is 39.0 Å². The lowest BCUT2D eigenvalue weighted by Crippen LogP contribution is -2.03. The average molecular weight is 619 g/mol. The first-order valence-electron chi connectivity index (χ1n) is 13.9. The Balaban J connectivity index is 1.45. The molecule has 0 amide bonds. The molecule has 46 heavy (non-hydrogen) atoms. The zero-order chi connectivity index (χ0) is 32.3. The summed E-state index contributed by atoms with van der Waals surface area (Å²) in [5.74, 6) is 0. The molecule has 0 bridgehead atoms. The van der Waals surface area contributed by atoms with Gasteiger partial charge in [-0.3, -0.25) is 0 Å². The molecule has 0 fully saturated rings. The van der Waals surface area contributed by atoms with Crippen LogP contribution in [-0.2, 0) is 6.18 Å². The van der Waals surface area contributed by atoms with E-state index in [9.17, 15) is 23.7 Å². The number of aryl methyl sites for hydroxylation is 1. The number of nitrogens with zero attached hydrogens (tertiary/aromatic N) is 4. The van der Waals surface area contributed by atoms with Crippen molar-refractivity contribution < 1.29 is 13.2 Å². The minimum absolute atomic E-state index is 0.0938. The maximum Gasteiger partial charge on any atom is 0.416 e. The molecule has 1 heterocycles. The fraction of sp³-hybridized carbons (Fsp3) is 0.0526. The largest absolute Gasteiger partial charge is 0.416 e. The quantitative estimate of drug-likeness (QED) is 0.143. The lowest BCUT2D eigenvalue weighted by atomic mass is 9.92. The van der Waals surface area contributed by atoms with Crippen LogP contribution >= 0.6 is 11.3 Å². The summed E-state index contributed by atoms with van der Waals surface area (Å²) in [5, 5.41) is 20.2. The maximum absolute atomic E-state index is 13.2. The summed E-state index contributed by atoms with van der Waals surface area (Å²) in [6, 6.07) is 28.4. The van der Waals surface area contributed by atoms with E-state index < -0.39 is 11.7 Å². The summed E-state index contributed by atoms with van der Waals surface area (Å²) < 4.78 is 39.6. The first kappa shape index (κ1) is 28.6. The van der Waals surface area contributed by atoms with Crippen molar-refractivity contribution in [1.82, 2.24) is 0 Å². The zero-order valence-electron chi connectivity index (χ0n) is 23.9. The van der Waals surface area contributed by atoms with Crippen LogP contribution in [0.15, 0.2) is 96.3 Å². The van der Waals surface area contributed by atoms with Crippen LogP contribution in [-0.4, -0.2) is 0 Å². The molecule has 0 radical (unpaired) electrons. The van der Waals surface area contributed by atoms with Gasteiger partial charge in [-0.05, 0) is 86.8 Å². The van der Waals surface area contributed by atoms with Crippen molar-refractivity contribution >= 4 is 22.5 Å². The third kappa shape index (κ3) is 4.25. The van der Waals surface area contributed by atoms with Crippen LogP contribution in [0.2, 0.25) is 0 Å². The van der Waals surface area contributed by atoms with Gasteiger partial charge in [0.05, 0.1) is 30.8 Å². The van der Waals surface area contributed by atoms with Gasteiger partial charge in [-0.2, -0.15) is 13.2 Å². The minimum atomic E-state index is -4.46. The van der Waals surface area contributed by atoms with Crippen molar-refractivity contribution in [1.29, 1.82) is 10.5 Å². The molecule has 0 N–H and O–H groups in total. The molecule has 0 saturated carbocycles. The van der Waals surface area contributed by atoms with E-state index in [0.717, 1.165) is 55.3 Å². The van der Waals surface area contributed by atoms with E-state index in [1.807, 2.05) is 61.5 Å². The van der Waals surface area contributed by atoms with Gasteiger partial charge in [0.1, 0.15) is 0 Å². The molecule has 1 aromatic heterocycles. The number of fused-ring (bicyclic) bond motifs is 7. The average Bonchev–Trinajstić information content (AvgIpc) is 3.69. The van der Waals surface area contributed by atoms with Gasteiger partial charge >= 0.3 is 6.18 Å². The van der Waals surface area contributed by atoms with Gasteiger partial charge in [-0.15, -0.1) is 11.3 Å². The summed E-state index contributed by atoms with van der Waals surface area (Å²) in [6.07, 6.45) is -4.46. The van der Waals surface area contributed by atoms with Gasteiger partial charge in [0, 0.05) is 20.9 Å². The second-order valence-electron chi connectivity index (χ2n) is 10.9. The van der Waals surface area contributed by atoms with Crippen molar-refractivity contribution in [2.24, 2.45) is 0 Å². The van der Waals surface area contributed by atoms with E-state index in [2.05, 4.69) is 15.8 Å². The van der Waals surface area contributed by atoms with E-state index in [1.165, 1.54) is 23.5 Å². The van der Waals surface area contributed by atoms with Gasteiger partial charge in [0.2, 0.25) is 0 Å². The summed E-state index contributed by atoms with van der Waals surface area (Å²) in [7, 11) is 0. The molecule has 5 aromatic rings. The Bertz CT molecular complexity index is 2350. The fourth-order valence-corrected chi connectivity index (χ4v) is 7.57. The first-order chi connectivity index (χ1) is 22.2. The van der Waals surface area contributed by atoms with Crippen molar-refractivity contribution in [3.05, 3.63) is 153 Å². The summed E-state index contributed by atoms with van der Waals surface area (Å²) in [5.41, 5.74) is 8.28. The van der Waals surface area contributed by atoms with Crippen LogP contribution in [0.4, 0.5) is 13.2 Å². The molecular formula is C38H17F3N4S. The van der Waals surface area contributed by atoms with Gasteiger partial charge in [0.25, 0.3) is 11.4 Å². The van der Waals surface area contributed by atoms with E-state index in [1.54, 1.807) is 12.1 Å². The highest BCUT2D eigenvalue weighted by molar-refractivity contribution is 7.20. The standard InChI is InChI=1S/C38H17F3N4S/c1-20-4-6-21(7-5-20)23-10-14-26-28(16-23)32(30(18-42)44-2)34-35-33(31(19-43)45-3)29-17-24(11-15-27(29)37(35)46-36(26)34)22-8-12-25(13-9-22)38(39,40)41/h4-17H,1H3/b32-30+,33-31-. The van der Waals surface area contributed by atoms with Crippen LogP contribution < -0.4 is 0 Å². The minimum Gasteiger partial charge on any atom is -0.226 e. The molecule has 4 aromatic carbocycles. The normalized spacial score (nSPS) is 14.5. The van der Waals surface area contributed by atoms with Gasteiger partial charge in [-0.1, -0.05) is 66.2 Å². The van der Waals surface area contributed by atoms with Crippen molar-refractivity contribution in [3.8, 4) is 55.3 Å². The molecule has 0 saturated heterocycles. The lowest BCUT2D eigenvalue weighted by molar-refractivity contribution is -0.137. The molecular weight excluding hydrogens is 602 g/mol. The third-order valence-electron chi connectivity index (χ3n) is 8.31. The molecule has 4 nitrogen and oxygen atoms in total. The molecule has 0 spiro atoms. The number of thiophene rings is 1. The smallest absolute Gasteiger partial charge is 0.226 e. The molecule has 216 valence electrons. The number of alkyl halides is 3. The molecule has 0 atom stereocenters. The highest BCUT2D eigenvalue weighted by Crippen LogP contribution is 2.61. The summed E-state index contributed by atoms with van der Waals surface area (Å²) >= 11 is 1.47. The van der Waals surface area contributed by atoms with Gasteiger partial charge in [-0.25, -0.2) is 20.2 Å². The number of hydrogen-bond donors (Lipinski definition) is 0. The van der Waals surface area contributed by atoms with Crippen LogP contribution in [0.25, 0.3) is 64.0 Å². The van der Waals surface area contributed by atoms with Crippen LogP contribution in [0.1, 0.15) is 33.4 Å². The van der Waals surface area contributed by atoms with Crippen molar-refractivity contribution in [3.63, 3.8) is 0 Å². The molecule has 2 aliphatic rings. The van der Waals surface area contributed by atoms with Gasteiger partial charge < -0.3 is 0 Å². The Hall–Kier alpha value is -6.19. The Labute approximate surface area is 266 Å². The predicted molar refractivity (Wildman–Crippen MR) is 172 cm³/mol. The third-order valence-corrected chi connectivity index (χ3v) is 9.57. The summed E-state index contributed by atoms with van der Waals surface area (Å²) in [4.78, 5) is 8.80. The summed E-state index contributed by atoms with van der Waals surface area (Å²) in [6.45, 7) is 17.7. The zero-order valence-corrected chi connectivity index (χ0v) is 24.7. The monoisotopic (exact) mass is 618 g/mol. The Kier molecular flexibility index (Phi) is 6.50. The first-order valence-corrected chi connectivity index (χ1v) is 14.8. The van der Waals surface area contributed by atoms with Crippen LogP contribution in [0, 0.1) is 42.7 Å². The molecule has 2 aliphatic carbocycles.